The van der Waals surface area contributed by atoms with Gasteiger partial charge in [0.2, 0.25) is 0 Å². The maximum absolute atomic E-state index is 11.8. The number of aryl methyl sites for hydroxylation is 1. The van der Waals surface area contributed by atoms with Crippen molar-refractivity contribution in [2.75, 3.05) is 0 Å². The molecule has 0 atom stereocenters. The second kappa shape index (κ2) is 5.84. The lowest BCUT2D eigenvalue weighted by molar-refractivity contribution is 0.0926. The van der Waals surface area contributed by atoms with Crippen LogP contribution in [0.2, 0.25) is 0 Å². The molecule has 98 valence electrons. The molecule has 0 bridgehead atoms. The van der Waals surface area contributed by atoms with E-state index < -0.39 is 0 Å². The summed E-state index contributed by atoms with van der Waals surface area (Å²) in [6.45, 7) is 3.61. The van der Waals surface area contributed by atoms with Crippen LogP contribution in [-0.2, 0) is 0 Å². The zero-order chi connectivity index (χ0) is 13.8. The molecule has 5 heteroatoms. The van der Waals surface area contributed by atoms with Crippen LogP contribution in [0.3, 0.4) is 0 Å². The molecule has 0 radical (unpaired) electrons. The van der Waals surface area contributed by atoms with Gasteiger partial charge in [-0.15, -0.1) is 0 Å². The zero-order valence-electron chi connectivity index (χ0n) is 10.6. The van der Waals surface area contributed by atoms with Crippen molar-refractivity contribution in [3.63, 3.8) is 0 Å². The number of carbonyl (C=O) groups is 1. The molecule has 1 aromatic carbocycles. The molecule has 1 amide bonds. The van der Waals surface area contributed by atoms with E-state index in [1.807, 2.05) is 31.2 Å². The van der Waals surface area contributed by atoms with Crippen LogP contribution in [0.1, 0.15) is 28.8 Å². The summed E-state index contributed by atoms with van der Waals surface area (Å²) in [4.78, 5) is 11.8. The quantitative estimate of drug-likeness (QED) is 0.695. The summed E-state index contributed by atoms with van der Waals surface area (Å²) >= 11 is 3.44. The molecule has 0 aliphatic rings. The monoisotopic (exact) mass is 320 g/mol. The zero-order valence-corrected chi connectivity index (χ0v) is 12.2. The number of carbonyl (C=O) groups excluding carboxylic acids is 1. The maximum Gasteiger partial charge on any atom is 0.307 e. The Balaban J connectivity index is 2.11. The summed E-state index contributed by atoms with van der Waals surface area (Å²) in [6, 6.07) is 11.0. The van der Waals surface area contributed by atoms with Gasteiger partial charge in [-0.2, -0.15) is 5.10 Å². The van der Waals surface area contributed by atoms with Gasteiger partial charge in [0.25, 0.3) is 0 Å². The van der Waals surface area contributed by atoms with Gasteiger partial charge in [-0.25, -0.2) is 5.43 Å². The van der Waals surface area contributed by atoms with Gasteiger partial charge >= 0.3 is 5.91 Å². The smallest absolute Gasteiger partial charge is 0.307 e. The van der Waals surface area contributed by atoms with Crippen molar-refractivity contribution >= 4 is 27.5 Å². The third-order valence-corrected chi connectivity index (χ3v) is 3.24. The van der Waals surface area contributed by atoms with E-state index in [0.717, 1.165) is 10.0 Å². The normalized spacial score (nSPS) is 11.4. The van der Waals surface area contributed by atoms with Crippen molar-refractivity contribution in [3.8, 4) is 0 Å². The number of amides is 1. The van der Waals surface area contributed by atoms with Crippen LogP contribution < -0.4 is 5.43 Å². The third-order valence-electron chi connectivity index (χ3n) is 2.55. The lowest BCUT2D eigenvalue weighted by atomic mass is 10.1. The summed E-state index contributed by atoms with van der Waals surface area (Å²) in [6.07, 6.45) is 0. The predicted molar refractivity (Wildman–Crippen MR) is 77.3 cm³/mol. The molecule has 2 rings (SSSR count). The van der Waals surface area contributed by atoms with Gasteiger partial charge in [0, 0.05) is 10.0 Å². The molecule has 0 aliphatic heterocycles. The molecule has 0 unspecified atom stereocenters. The number of hydrogen-bond acceptors (Lipinski definition) is 3. The number of hydrazone groups is 1. The van der Waals surface area contributed by atoms with Crippen molar-refractivity contribution < 1.29 is 9.21 Å². The summed E-state index contributed by atoms with van der Waals surface area (Å²) in [5.41, 5.74) is 4.11. The summed E-state index contributed by atoms with van der Waals surface area (Å²) in [5, 5.41) is 4.07. The molecule has 0 saturated heterocycles. The molecular weight excluding hydrogens is 308 g/mol. The van der Waals surface area contributed by atoms with E-state index in [1.165, 1.54) is 0 Å². The number of nitrogens with zero attached hydrogens (tertiary/aromatic N) is 1. The molecular formula is C14H13BrN2O2. The molecule has 0 spiro atoms. The second-order valence-corrected chi connectivity index (χ2v) is 4.88. The fraction of sp³-hybridized carbons (Fsp3) is 0.143. The van der Waals surface area contributed by atoms with Crippen LogP contribution in [-0.4, -0.2) is 11.6 Å². The van der Waals surface area contributed by atoms with Gasteiger partial charge < -0.3 is 4.42 Å². The molecule has 1 N–H and O–H groups in total. The van der Waals surface area contributed by atoms with Crippen LogP contribution in [0.25, 0.3) is 0 Å². The highest BCUT2D eigenvalue weighted by molar-refractivity contribution is 9.10. The summed E-state index contributed by atoms with van der Waals surface area (Å²) in [7, 11) is 0. The Kier molecular flexibility index (Phi) is 4.16. The van der Waals surface area contributed by atoms with E-state index in [4.69, 9.17) is 4.42 Å². The first-order valence-corrected chi connectivity index (χ1v) is 6.53. The van der Waals surface area contributed by atoms with Gasteiger partial charge in [-0.3, -0.25) is 4.79 Å². The number of furan rings is 1. The Morgan fingerprint density at radius 3 is 2.63 bits per heavy atom. The molecule has 0 saturated carbocycles. The highest BCUT2D eigenvalue weighted by Crippen LogP contribution is 2.16. The van der Waals surface area contributed by atoms with Crippen LogP contribution in [0.5, 0.6) is 0 Å². The SMILES string of the molecule is C/C(=N\NC(=O)c1ccc(C)o1)c1ccccc1Br. The minimum atomic E-state index is -0.362. The molecule has 4 nitrogen and oxygen atoms in total. The highest BCUT2D eigenvalue weighted by Gasteiger charge is 2.09. The summed E-state index contributed by atoms with van der Waals surface area (Å²) < 4.78 is 6.15. The van der Waals surface area contributed by atoms with Crippen molar-refractivity contribution in [1.29, 1.82) is 0 Å². The van der Waals surface area contributed by atoms with E-state index >= 15 is 0 Å². The van der Waals surface area contributed by atoms with E-state index in [-0.39, 0.29) is 11.7 Å². The maximum atomic E-state index is 11.8. The molecule has 19 heavy (non-hydrogen) atoms. The molecule has 2 aromatic rings. The Bertz CT molecular complexity index is 632. The van der Waals surface area contributed by atoms with Crippen molar-refractivity contribution in [2.45, 2.75) is 13.8 Å². The lowest BCUT2D eigenvalue weighted by Gasteiger charge is -2.03. The Hall–Kier alpha value is -1.88. The van der Waals surface area contributed by atoms with Gasteiger partial charge in [-0.05, 0) is 32.0 Å². The van der Waals surface area contributed by atoms with Crippen LogP contribution >= 0.6 is 15.9 Å². The van der Waals surface area contributed by atoms with Crippen LogP contribution in [0.15, 0.2) is 50.4 Å². The Morgan fingerprint density at radius 1 is 1.26 bits per heavy atom. The van der Waals surface area contributed by atoms with Crippen LogP contribution in [0, 0.1) is 6.92 Å². The number of benzene rings is 1. The van der Waals surface area contributed by atoms with Gasteiger partial charge in [0.1, 0.15) is 5.76 Å². The van der Waals surface area contributed by atoms with Crippen molar-refractivity contribution in [2.24, 2.45) is 5.10 Å². The lowest BCUT2D eigenvalue weighted by Crippen LogP contribution is -2.18. The summed E-state index contributed by atoms with van der Waals surface area (Å²) in [5.74, 6) is 0.581. The van der Waals surface area contributed by atoms with Crippen molar-refractivity contribution in [3.05, 3.63) is 58.0 Å². The van der Waals surface area contributed by atoms with Crippen molar-refractivity contribution in [1.82, 2.24) is 5.43 Å². The minimum absolute atomic E-state index is 0.251. The topological polar surface area (TPSA) is 54.6 Å². The van der Waals surface area contributed by atoms with Gasteiger partial charge in [-0.1, -0.05) is 34.1 Å². The predicted octanol–water partition coefficient (Wildman–Crippen LogP) is 3.50. The van der Waals surface area contributed by atoms with Gasteiger partial charge in [0.15, 0.2) is 5.76 Å². The van der Waals surface area contributed by atoms with E-state index in [2.05, 4.69) is 26.5 Å². The van der Waals surface area contributed by atoms with E-state index in [9.17, 15) is 4.79 Å². The first-order valence-electron chi connectivity index (χ1n) is 5.74. The number of halogens is 1. The fourth-order valence-electron chi connectivity index (χ4n) is 1.56. The standard InChI is InChI=1S/C14H13BrN2O2/c1-9-7-8-13(19-9)14(18)17-16-10(2)11-5-3-4-6-12(11)15/h3-8H,1-2H3,(H,17,18)/b16-10+. The highest BCUT2D eigenvalue weighted by atomic mass is 79.9. The minimum Gasteiger partial charge on any atom is -0.456 e. The molecule has 1 aromatic heterocycles. The fourth-order valence-corrected chi connectivity index (χ4v) is 2.13. The Labute approximate surface area is 119 Å². The molecule has 1 heterocycles. The largest absolute Gasteiger partial charge is 0.456 e. The second-order valence-electron chi connectivity index (χ2n) is 4.03. The Morgan fingerprint density at radius 2 is 2.00 bits per heavy atom. The van der Waals surface area contributed by atoms with Gasteiger partial charge in [0.05, 0.1) is 5.71 Å². The van der Waals surface area contributed by atoms with E-state index in [0.29, 0.717) is 11.5 Å². The molecule has 0 aliphatic carbocycles. The first-order chi connectivity index (χ1) is 9.08. The number of nitrogens with one attached hydrogen (secondary N) is 1. The average Bonchev–Trinajstić information content (AvgIpc) is 2.83. The number of hydrogen-bond donors (Lipinski definition) is 1. The molecule has 0 fully saturated rings. The average molecular weight is 321 g/mol. The van der Waals surface area contributed by atoms with Crippen LogP contribution in [0.4, 0.5) is 0 Å². The first kappa shape index (κ1) is 13.5. The third kappa shape index (κ3) is 3.32. The number of rotatable bonds is 3. The van der Waals surface area contributed by atoms with E-state index in [1.54, 1.807) is 19.1 Å².